The smallest absolute Gasteiger partial charge is 0.253 e. The van der Waals surface area contributed by atoms with Gasteiger partial charge in [-0.05, 0) is 36.4 Å². The Kier molecular flexibility index (Phi) is 5.42. The number of hydrogen-bond acceptors (Lipinski definition) is 5. The van der Waals surface area contributed by atoms with E-state index in [9.17, 15) is 4.79 Å². The van der Waals surface area contributed by atoms with Crippen LogP contribution in [0, 0.1) is 0 Å². The number of anilines is 2. The summed E-state index contributed by atoms with van der Waals surface area (Å²) in [6.45, 7) is 2.86. The van der Waals surface area contributed by atoms with Gasteiger partial charge in [0, 0.05) is 57.1 Å². The molecular weight excluding hydrogens is 362 g/mol. The van der Waals surface area contributed by atoms with Crippen LogP contribution in [0.3, 0.4) is 0 Å². The van der Waals surface area contributed by atoms with Gasteiger partial charge in [0.25, 0.3) is 5.91 Å². The minimum atomic E-state index is 0.0838. The topological polar surface area (TPSA) is 52.6 Å². The van der Waals surface area contributed by atoms with Crippen molar-refractivity contribution in [1.29, 1.82) is 0 Å². The molecular formula is C23H25N5O. The summed E-state index contributed by atoms with van der Waals surface area (Å²) in [6, 6.07) is 21.8. The molecule has 0 saturated carbocycles. The second-order valence-electron chi connectivity index (χ2n) is 7.36. The zero-order chi connectivity index (χ0) is 20.2. The summed E-state index contributed by atoms with van der Waals surface area (Å²) in [5, 5.41) is 8.77. The van der Waals surface area contributed by atoms with Crippen molar-refractivity contribution >= 4 is 17.4 Å². The molecule has 1 aliphatic rings. The molecule has 29 heavy (non-hydrogen) atoms. The highest BCUT2D eigenvalue weighted by atomic mass is 16.2. The number of rotatable bonds is 4. The van der Waals surface area contributed by atoms with Crippen LogP contribution in [-0.2, 0) is 0 Å². The number of nitrogens with zero attached hydrogens (tertiary/aromatic N) is 5. The first kappa shape index (κ1) is 18.9. The van der Waals surface area contributed by atoms with Gasteiger partial charge in [-0.25, -0.2) is 0 Å². The van der Waals surface area contributed by atoms with E-state index in [0.717, 1.165) is 41.4 Å². The minimum Gasteiger partial charge on any atom is -0.378 e. The summed E-state index contributed by atoms with van der Waals surface area (Å²) in [4.78, 5) is 18.9. The standard InChI is InChI=1S/C23H25N5O/c1-26(2)20-10-8-19(9-11-20)23(29)28-16-14-27(15-17-28)22-13-12-21(24-25-22)18-6-4-3-5-7-18/h3-13H,14-17H2,1-2H3. The first-order valence-electron chi connectivity index (χ1n) is 9.82. The maximum atomic E-state index is 12.8. The summed E-state index contributed by atoms with van der Waals surface area (Å²) < 4.78 is 0. The van der Waals surface area contributed by atoms with Gasteiger partial charge in [0.1, 0.15) is 0 Å². The van der Waals surface area contributed by atoms with Crippen molar-refractivity contribution in [2.75, 3.05) is 50.1 Å². The third kappa shape index (κ3) is 4.21. The molecule has 6 nitrogen and oxygen atoms in total. The molecule has 0 atom stereocenters. The molecule has 0 N–H and O–H groups in total. The van der Waals surface area contributed by atoms with Crippen LogP contribution in [-0.4, -0.2) is 61.3 Å². The fourth-order valence-corrected chi connectivity index (χ4v) is 3.48. The van der Waals surface area contributed by atoms with Gasteiger partial charge in [-0.2, -0.15) is 0 Å². The van der Waals surface area contributed by atoms with Gasteiger partial charge in [-0.1, -0.05) is 30.3 Å². The Labute approximate surface area is 171 Å². The molecule has 1 aromatic heterocycles. The number of carbonyl (C=O) groups is 1. The maximum Gasteiger partial charge on any atom is 0.253 e. The average Bonchev–Trinajstić information content (AvgIpc) is 2.79. The molecule has 0 bridgehead atoms. The molecule has 0 unspecified atom stereocenters. The van der Waals surface area contributed by atoms with E-state index in [1.165, 1.54) is 0 Å². The number of amides is 1. The van der Waals surface area contributed by atoms with Gasteiger partial charge >= 0.3 is 0 Å². The van der Waals surface area contributed by atoms with Gasteiger partial charge in [0.2, 0.25) is 0 Å². The number of benzene rings is 2. The third-order valence-electron chi connectivity index (χ3n) is 5.24. The first-order chi connectivity index (χ1) is 14.1. The fourth-order valence-electron chi connectivity index (χ4n) is 3.48. The molecule has 3 aromatic rings. The monoisotopic (exact) mass is 387 g/mol. The van der Waals surface area contributed by atoms with Crippen molar-refractivity contribution in [2.45, 2.75) is 0 Å². The lowest BCUT2D eigenvalue weighted by Gasteiger charge is -2.35. The summed E-state index contributed by atoms with van der Waals surface area (Å²) in [6.07, 6.45) is 0. The van der Waals surface area contributed by atoms with Crippen LogP contribution in [0.5, 0.6) is 0 Å². The predicted octanol–water partition coefficient (Wildman–Crippen LogP) is 3.17. The van der Waals surface area contributed by atoms with Gasteiger partial charge in [0.15, 0.2) is 5.82 Å². The van der Waals surface area contributed by atoms with E-state index in [1.807, 2.05) is 90.6 Å². The summed E-state index contributed by atoms with van der Waals surface area (Å²) >= 11 is 0. The van der Waals surface area contributed by atoms with E-state index in [0.29, 0.717) is 13.1 Å². The van der Waals surface area contributed by atoms with Crippen molar-refractivity contribution in [1.82, 2.24) is 15.1 Å². The number of piperazine rings is 1. The summed E-state index contributed by atoms with van der Waals surface area (Å²) in [5.74, 6) is 0.938. The zero-order valence-electron chi connectivity index (χ0n) is 16.8. The second kappa shape index (κ2) is 8.31. The van der Waals surface area contributed by atoms with Gasteiger partial charge in [-0.3, -0.25) is 4.79 Å². The Morgan fingerprint density at radius 3 is 2.10 bits per heavy atom. The lowest BCUT2D eigenvalue weighted by atomic mass is 10.1. The number of carbonyl (C=O) groups excluding carboxylic acids is 1. The van der Waals surface area contributed by atoms with Crippen molar-refractivity contribution in [3.8, 4) is 11.3 Å². The molecule has 6 heteroatoms. The largest absolute Gasteiger partial charge is 0.378 e. The Balaban J connectivity index is 1.37. The Bertz CT molecular complexity index is 947. The van der Waals surface area contributed by atoms with E-state index in [1.54, 1.807) is 0 Å². The van der Waals surface area contributed by atoms with Crippen molar-refractivity contribution in [3.05, 3.63) is 72.3 Å². The van der Waals surface area contributed by atoms with Crippen LogP contribution < -0.4 is 9.80 Å². The molecule has 2 heterocycles. The first-order valence-corrected chi connectivity index (χ1v) is 9.82. The quantitative estimate of drug-likeness (QED) is 0.688. The SMILES string of the molecule is CN(C)c1ccc(C(=O)N2CCN(c3ccc(-c4ccccc4)nn3)CC2)cc1. The number of hydrogen-bond donors (Lipinski definition) is 0. The Hall–Kier alpha value is -3.41. The molecule has 1 aliphatic heterocycles. The maximum absolute atomic E-state index is 12.8. The number of aromatic nitrogens is 2. The molecule has 4 rings (SSSR count). The van der Waals surface area contributed by atoms with E-state index in [4.69, 9.17) is 0 Å². The van der Waals surface area contributed by atoms with Crippen LogP contribution in [0.25, 0.3) is 11.3 Å². The lowest BCUT2D eigenvalue weighted by Crippen LogP contribution is -2.49. The summed E-state index contributed by atoms with van der Waals surface area (Å²) in [7, 11) is 3.98. The zero-order valence-corrected chi connectivity index (χ0v) is 16.8. The van der Waals surface area contributed by atoms with Crippen LogP contribution in [0.4, 0.5) is 11.5 Å². The Morgan fingerprint density at radius 2 is 1.52 bits per heavy atom. The molecule has 2 aromatic carbocycles. The van der Waals surface area contributed by atoms with E-state index in [-0.39, 0.29) is 5.91 Å². The molecule has 0 radical (unpaired) electrons. The molecule has 1 saturated heterocycles. The Morgan fingerprint density at radius 1 is 0.828 bits per heavy atom. The second-order valence-corrected chi connectivity index (χ2v) is 7.36. The normalized spacial score (nSPS) is 14.0. The van der Waals surface area contributed by atoms with Gasteiger partial charge in [0.05, 0.1) is 5.69 Å². The molecule has 0 spiro atoms. The molecule has 1 fully saturated rings. The third-order valence-corrected chi connectivity index (χ3v) is 5.24. The van der Waals surface area contributed by atoms with E-state index in [2.05, 4.69) is 15.1 Å². The molecule has 0 aliphatic carbocycles. The van der Waals surface area contributed by atoms with Crippen LogP contribution in [0.2, 0.25) is 0 Å². The average molecular weight is 387 g/mol. The van der Waals surface area contributed by atoms with Crippen LogP contribution in [0.15, 0.2) is 66.7 Å². The predicted molar refractivity (Wildman–Crippen MR) is 116 cm³/mol. The highest BCUT2D eigenvalue weighted by Gasteiger charge is 2.23. The van der Waals surface area contributed by atoms with E-state index < -0.39 is 0 Å². The highest BCUT2D eigenvalue weighted by Crippen LogP contribution is 2.20. The molecule has 148 valence electrons. The summed E-state index contributed by atoms with van der Waals surface area (Å²) in [5.41, 5.74) is 3.74. The fraction of sp³-hybridized carbons (Fsp3) is 0.261. The lowest BCUT2D eigenvalue weighted by molar-refractivity contribution is 0.0746. The highest BCUT2D eigenvalue weighted by molar-refractivity contribution is 5.94. The van der Waals surface area contributed by atoms with E-state index >= 15 is 0 Å². The molecule has 1 amide bonds. The van der Waals surface area contributed by atoms with Crippen LogP contribution in [0.1, 0.15) is 10.4 Å². The van der Waals surface area contributed by atoms with Gasteiger partial charge in [-0.15, -0.1) is 10.2 Å². The van der Waals surface area contributed by atoms with Crippen molar-refractivity contribution in [2.24, 2.45) is 0 Å². The minimum absolute atomic E-state index is 0.0838. The van der Waals surface area contributed by atoms with Crippen molar-refractivity contribution in [3.63, 3.8) is 0 Å². The van der Waals surface area contributed by atoms with Crippen LogP contribution >= 0.6 is 0 Å². The van der Waals surface area contributed by atoms with Gasteiger partial charge < -0.3 is 14.7 Å². The van der Waals surface area contributed by atoms with Crippen molar-refractivity contribution < 1.29 is 4.79 Å².